The van der Waals surface area contributed by atoms with Crippen LogP contribution in [-0.2, 0) is 6.54 Å². The number of thiophene rings is 1. The highest BCUT2D eigenvalue weighted by Crippen LogP contribution is 2.23. The molecule has 1 amide bonds. The van der Waals surface area contributed by atoms with Gasteiger partial charge in [-0.2, -0.15) is 0 Å². The number of hydrogen-bond acceptors (Lipinski definition) is 4. The van der Waals surface area contributed by atoms with E-state index in [2.05, 4.69) is 31.1 Å². The van der Waals surface area contributed by atoms with Gasteiger partial charge in [0.25, 0.3) is 5.91 Å². The Bertz CT molecular complexity index is 652. The van der Waals surface area contributed by atoms with Crippen molar-refractivity contribution in [3.63, 3.8) is 0 Å². The first kappa shape index (κ1) is 15.5. The van der Waals surface area contributed by atoms with Crippen molar-refractivity contribution in [3.8, 4) is 0 Å². The summed E-state index contributed by atoms with van der Waals surface area (Å²) in [6.07, 6.45) is 5.36. The Balaban J connectivity index is 1.71. The molecule has 116 valence electrons. The van der Waals surface area contributed by atoms with Gasteiger partial charge in [-0.1, -0.05) is 0 Å². The largest absolute Gasteiger partial charge is 0.356 e. The average Bonchev–Trinajstić information content (AvgIpc) is 2.99. The molecule has 22 heavy (non-hydrogen) atoms. The molecule has 0 bridgehead atoms. The fourth-order valence-corrected chi connectivity index (χ4v) is 4.06. The normalized spacial score (nSPS) is 14.9. The molecule has 2 aromatic rings. The number of aromatic nitrogens is 1. The fourth-order valence-electron chi connectivity index (χ4n) is 2.64. The molecule has 0 aliphatic carbocycles. The number of halogens is 1. The smallest absolute Gasteiger partial charge is 0.255 e. The number of anilines is 1. The summed E-state index contributed by atoms with van der Waals surface area (Å²) >= 11 is 5.07. The summed E-state index contributed by atoms with van der Waals surface area (Å²) in [5.41, 5.74) is 0.667. The van der Waals surface area contributed by atoms with Gasteiger partial charge >= 0.3 is 0 Å². The van der Waals surface area contributed by atoms with Crippen LogP contribution in [0.3, 0.4) is 0 Å². The summed E-state index contributed by atoms with van der Waals surface area (Å²) in [5, 5.41) is 2.99. The Labute approximate surface area is 142 Å². The summed E-state index contributed by atoms with van der Waals surface area (Å²) in [4.78, 5) is 20.3. The van der Waals surface area contributed by atoms with E-state index in [1.54, 1.807) is 17.5 Å². The minimum Gasteiger partial charge on any atom is -0.356 e. The van der Waals surface area contributed by atoms with Crippen LogP contribution < -0.4 is 10.2 Å². The molecule has 0 atom stereocenters. The van der Waals surface area contributed by atoms with Gasteiger partial charge in [0.2, 0.25) is 0 Å². The van der Waals surface area contributed by atoms with E-state index in [9.17, 15) is 4.79 Å². The second-order valence-corrected chi connectivity index (χ2v) is 7.86. The predicted octanol–water partition coefficient (Wildman–Crippen LogP) is 3.83. The van der Waals surface area contributed by atoms with Crippen molar-refractivity contribution in [1.29, 1.82) is 0 Å². The summed E-state index contributed by atoms with van der Waals surface area (Å²) in [6, 6.07) is 7.69. The fraction of sp³-hybridized carbons (Fsp3) is 0.375. The molecule has 0 unspecified atom stereocenters. The Morgan fingerprint density at radius 1 is 1.27 bits per heavy atom. The topological polar surface area (TPSA) is 45.2 Å². The van der Waals surface area contributed by atoms with Crippen LogP contribution in [0.1, 0.15) is 34.5 Å². The van der Waals surface area contributed by atoms with Crippen LogP contribution in [0.2, 0.25) is 0 Å². The second kappa shape index (κ2) is 7.24. The number of pyridine rings is 1. The Morgan fingerprint density at radius 2 is 2.09 bits per heavy atom. The molecule has 3 rings (SSSR count). The molecular weight excluding hydrogens is 362 g/mol. The zero-order valence-electron chi connectivity index (χ0n) is 12.2. The van der Waals surface area contributed by atoms with Gasteiger partial charge in [0.15, 0.2) is 0 Å². The molecular formula is C16H18BrN3OS. The van der Waals surface area contributed by atoms with E-state index in [4.69, 9.17) is 0 Å². The number of rotatable bonds is 4. The van der Waals surface area contributed by atoms with Crippen LogP contribution in [0.15, 0.2) is 34.2 Å². The molecule has 6 heteroatoms. The third kappa shape index (κ3) is 3.67. The lowest BCUT2D eigenvalue weighted by Gasteiger charge is -2.29. The molecule has 0 radical (unpaired) electrons. The molecule has 1 N–H and O–H groups in total. The first-order chi connectivity index (χ1) is 10.7. The summed E-state index contributed by atoms with van der Waals surface area (Å²) < 4.78 is 1.08. The molecule has 1 fully saturated rings. The van der Waals surface area contributed by atoms with Crippen LogP contribution in [-0.4, -0.2) is 24.0 Å². The van der Waals surface area contributed by atoms with Gasteiger partial charge in [-0.25, -0.2) is 4.98 Å². The molecule has 1 aliphatic rings. The molecule has 1 aliphatic heterocycles. The number of nitrogens with one attached hydrogen (secondary N) is 1. The third-order valence-corrected chi connectivity index (χ3v) is 5.36. The number of nitrogens with zero attached hydrogens (tertiary/aromatic N) is 2. The van der Waals surface area contributed by atoms with Crippen molar-refractivity contribution in [2.75, 3.05) is 18.0 Å². The second-order valence-electron chi connectivity index (χ2n) is 5.31. The van der Waals surface area contributed by atoms with E-state index in [0.29, 0.717) is 12.1 Å². The third-order valence-electron chi connectivity index (χ3n) is 3.74. The molecule has 0 aromatic carbocycles. The number of hydrogen-bond donors (Lipinski definition) is 1. The maximum atomic E-state index is 12.5. The standard InChI is InChI=1S/C16H18BrN3OS/c17-14-7-6-12(22-14)11-19-16(21)13-5-4-8-18-15(13)20-9-2-1-3-10-20/h4-8H,1-3,9-11H2,(H,19,21). The van der Waals surface area contributed by atoms with Gasteiger partial charge in [-0.3, -0.25) is 4.79 Å². The lowest BCUT2D eigenvalue weighted by Crippen LogP contribution is -2.33. The minimum atomic E-state index is -0.0572. The molecule has 3 heterocycles. The maximum absolute atomic E-state index is 12.5. The van der Waals surface area contributed by atoms with E-state index >= 15 is 0 Å². The van der Waals surface area contributed by atoms with Crippen LogP contribution in [0.25, 0.3) is 0 Å². The number of amides is 1. The van der Waals surface area contributed by atoms with Gasteiger partial charge in [0, 0.05) is 24.2 Å². The SMILES string of the molecule is O=C(NCc1ccc(Br)s1)c1cccnc1N1CCCCC1. The molecule has 0 spiro atoms. The van der Waals surface area contributed by atoms with E-state index in [1.807, 2.05) is 24.3 Å². The molecule has 2 aromatic heterocycles. The van der Waals surface area contributed by atoms with Crippen LogP contribution in [0.4, 0.5) is 5.82 Å². The van der Waals surface area contributed by atoms with Crippen molar-refractivity contribution < 1.29 is 4.79 Å². The van der Waals surface area contributed by atoms with Gasteiger partial charge in [-0.05, 0) is 59.5 Å². The van der Waals surface area contributed by atoms with Gasteiger partial charge in [-0.15, -0.1) is 11.3 Å². The molecule has 0 saturated carbocycles. The summed E-state index contributed by atoms with van der Waals surface area (Å²) in [7, 11) is 0. The van der Waals surface area contributed by atoms with Crippen LogP contribution in [0, 0.1) is 0 Å². The van der Waals surface area contributed by atoms with Crippen molar-refractivity contribution in [1.82, 2.24) is 10.3 Å². The first-order valence-electron chi connectivity index (χ1n) is 7.46. The predicted molar refractivity (Wildman–Crippen MR) is 93.5 cm³/mol. The maximum Gasteiger partial charge on any atom is 0.255 e. The highest BCUT2D eigenvalue weighted by molar-refractivity contribution is 9.11. The van der Waals surface area contributed by atoms with Gasteiger partial charge in [0.05, 0.1) is 15.9 Å². The zero-order valence-corrected chi connectivity index (χ0v) is 14.6. The average molecular weight is 380 g/mol. The highest BCUT2D eigenvalue weighted by Gasteiger charge is 2.19. The quantitative estimate of drug-likeness (QED) is 0.877. The van der Waals surface area contributed by atoms with Crippen LogP contribution in [0.5, 0.6) is 0 Å². The van der Waals surface area contributed by atoms with Crippen molar-refractivity contribution in [3.05, 3.63) is 44.7 Å². The Hall–Kier alpha value is -1.40. The zero-order chi connectivity index (χ0) is 15.4. The summed E-state index contributed by atoms with van der Waals surface area (Å²) in [6.45, 7) is 2.51. The summed E-state index contributed by atoms with van der Waals surface area (Å²) in [5.74, 6) is 0.755. The van der Waals surface area contributed by atoms with E-state index in [1.165, 1.54) is 19.3 Å². The Kier molecular flexibility index (Phi) is 5.10. The van der Waals surface area contributed by atoms with Crippen molar-refractivity contribution in [2.45, 2.75) is 25.8 Å². The molecule has 4 nitrogen and oxygen atoms in total. The highest BCUT2D eigenvalue weighted by atomic mass is 79.9. The minimum absolute atomic E-state index is 0.0572. The van der Waals surface area contributed by atoms with E-state index in [-0.39, 0.29) is 5.91 Å². The van der Waals surface area contributed by atoms with Gasteiger partial charge < -0.3 is 10.2 Å². The van der Waals surface area contributed by atoms with E-state index < -0.39 is 0 Å². The van der Waals surface area contributed by atoms with Gasteiger partial charge in [0.1, 0.15) is 5.82 Å². The van der Waals surface area contributed by atoms with Crippen molar-refractivity contribution >= 4 is 39.0 Å². The Morgan fingerprint density at radius 3 is 2.82 bits per heavy atom. The van der Waals surface area contributed by atoms with Crippen molar-refractivity contribution in [2.24, 2.45) is 0 Å². The lowest BCUT2D eigenvalue weighted by molar-refractivity contribution is 0.0951. The monoisotopic (exact) mass is 379 g/mol. The number of carbonyl (C=O) groups excluding carboxylic acids is 1. The molecule has 1 saturated heterocycles. The lowest BCUT2D eigenvalue weighted by atomic mass is 10.1. The number of carbonyl (C=O) groups is 1. The number of piperidine rings is 1. The van der Waals surface area contributed by atoms with E-state index in [0.717, 1.165) is 27.6 Å². The first-order valence-corrected chi connectivity index (χ1v) is 9.07. The van der Waals surface area contributed by atoms with Crippen LogP contribution >= 0.6 is 27.3 Å².